The van der Waals surface area contributed by atoms with E-state index >= 15 is 0 Å². The van der Waals surface area contributed by atoms with E-state index in [2.05, 4.69) is 5.32 Å². The summed E-state index contributed by atoms with van der Waals surface area (Å²) in [6.45, 7) is 5.26. The molecule has 5 nitrogen and oxygen atoms in total. The predicted octanol–water partition coefficient (Wildman–Crippen LogP) is 2.21. The highest BCUT2D eigenvalue weighted by Crippen LogP contribution is 2.11. The normalized spacial score (nSPS) is 11.6. The van der Waals surface area contributed by atoms with Gasteiger partial charge >= 0.3 is 0 Å². The van der Waals surface area contributed by atoms with Crippen molar-refractivity contribution in [3.8, 4) is 6.07 Å². The van der Waals surface area contributed by atoms with Crippen molar-refractivity contribution in [3.05, 3.63) is 69.1 Å². The van der Waals surface area contributed by atoms with Crippen LogP contribution < -0.4 is 10.9 Å². The third-order valence-electron chi connectivity index (χ3n) is 3.80. The van der Waals surface area contributed by atoms with Crippen molar-refractivity contribution in [1.29, 1.82) is 5.26 Å². The Labute approximate surface area is 135 Å². The molecule has 1 amide bonds. The van der Waals surface area contributed by atoms with E-state index in [0.29, 0.717) is 11.3 Å². The SMILES string of the molecule is Cc1cc(C)n(CC(=O)N[C@@H](C)c2ccccc2)c(=O)c1C#N. The van der Waals surface area contributed by atoms with Gasteiger partial charge in [-0.05, 0) is 38.0 Å². The van der Waals surface area contributed by atoms with Crippen molar-refractivity contribution in [1.82, 2.24) is 9.88 Å². The molecule has 0 fully saturated rings. The van der Waals surface area contributed by atoms with Crippen molar-refractivity contribution < 1.29 is 4.79 Å². The summed E-state index contributed by atoms with van der Waals surface area (Å²) in [5.41, 5.74) is 1.94. The van der Waals surface area contributed by atoms with E-state index in [-0.39, 0.29) is 24.1 Å². The number of benzene rings is 1. The first-order chi connectivity index (χ1) is 10.9. The number of rotatable bonds is 4. The first kappa shape index (κ1) is 16.5. The predicted molar refractivity (Wildman–Crippen MR) is 87.9 cm³/mol. The number of carbonyl (C=O) groups excluding carboxylic acids is 1. The Balaban J connectivity index is 2.19. The highest BCUT2D eigenvalue weighted by atomic mass is 16.2. The zero-order chi connectivity index (χ0) is 17.0. The average Bonchev–Trinajstić information content (AvgIpc) is 2.52. The van der Waals surface area contributed by atoms with Crippen LogP contribution in [0.4, 0.5) is 0 Å². The summed E-state index contributed by atoms with van der Waals surface area (Å²) in [6.07, 6.45) is 0. The molecule has 2 aromatic rings. The third kappa shape index (κ3) is 3.67. The molecule has 0 unspecified atom stereocenters. The lowest BCUT2D eigenvalue weighted by Crippen LogP contribution is -2.35. The average molecular weight is 309 g/mol. The van der Waals surface area contributed by atoms with Crippen molar-refractivity contribution in [2.24, 2.45) is 0 Å². The van der Waals surface area contributed by atoms with Gasteiger partial charge in [0.1, 0.15) is 18.2 Å². The number of amides is 1. The number of hydrogen-bond acceptors (Lipinski definition) is 3. The summed E-state index contributed by atoms with van der Waals surface area (Å²) in [6, 6.07) is 13.1. The van der Waals surface area contributed by atoms with E-state index in [9.17, 15) is 9.59 Å². The molecule has 2 rings (SSSR count). The number of nitriles is 1. The van der Waals surface area contributed by atoms with Crippen LogP contribution >= 0.6 is 0 Å². The molecule has 118 valence electrons. The highest BCUT2D eigenvalue weighted by molar-refractivity contribution is 5.76. The number of carbonyl (C=O) groups is 1. The lowest BCUT2D eigenvalue weighted by atomic mass is 10.1. The summed E-state index contributed by atoms with van der Waals surface area (Å²) in [7, 11) is 0. The molecule has 5 heteroatoms. The van der Waals surface area contributed by atoms with E-state index in [1.807, 2.05) is 43.3 Å². The largest absolute Gasteiger partial charge is 0.348 e. The van der Waals surface area contributed by atoms with Crippen LogP contribution in [0.1, 0.15) is 35.3 Å². The summed E-state index contributed by atoms with van der Waals surface area (Å²) >= 11 is 0. The Morgan fingerprint density at radius 3 is 2.57 bits per heavy atom. The summed E-state index contributed by atoms with van der Waals surface area (Å²) in [5, 5.41) is 11.9. The van der Waals surface area contributed by atoms with Crippen LogP contribution in [0.3, 0.4) is 0 Å². The zero-order valence-electron chi connectivity index (χ0n) is 13.5. The molecule has 0 aliphatic rings. The Morgan fingerprint density at radius 2 is 1.96 bits per heavy atom. The van der Waals surface area contributed by atoms with Crippen LogP contribution in [0.15, 0.2) is 41.2 Å². The van der Waals surface area contributed by atoms with Gasteiger partial charge in [-0.3, -0.25) is 9.59 Å². The molecule has 0 bridgehead atoms. The van der Waals surface area contributed by atoms with Crippen LogP contribution in [-0.4, -0.2) is 10.5 Å². The molecule has 1 heterocycles. The summed E-state index contributed by atoms with van der Waals surface area (Å²) in [4.78, 5) is 24.5. The van der Waals surface area contributed by atoms with Gasteiger partial charge in [-0.1, -0.05) is 30.3 Å². The van der Waals surface area contributed by atoms with Gasteiger partial charge in [-0.25, -0.2) is 0 Å². The second-order valence-corrected chi connectivity index (χ2v) is 5.55. The maximum absolute atomic E-state index is 12.3. The number of pyridine rings is 1. The molecule has 0 spiro atoms. The van der Waals surface area contributed by atoms with Crippen molar-refractivity contribution in [2.75, 3.05) is 0 Å². The molecule has 0 aliphatic heterocycles. The number of nitrogens with zero attached hydrogens (tertiary/aromatic N) is 2. The van der Waals surface area contributed by atoms with E-state index < -0.39 is 5.56 Å². The molecule has 1 atom stereocenters. The standard InChI is InChI=1S/C18H19N3O2/c1-12-9-13(2)21(18(23)16(12)10-19)11-17(22)20-14(3)15-7-5-4-6-8-15/h4-9,14H,11H2,1-3H3,(H,20,22)/t14-/m0/s1. The van der Waals surface area contributed by atoms with Crippen LogP contribution in [0, 0.1) is 25.2 Å². The summed E-state index contributed by atoms with van der Waals surface area (Å²) in [5.74, 6) is -0.265. The Morgan fingerprint density at radius 1 is 1.30 bits per heavy atom. The minimum Gasteiger partial charge on any atom is -0.348 e. The second kappa shape index (κ2) is 6.93. The van der Waals surface area contributed by atoms with Gasteiger partial charge in [0.15, 0.2) is 0 Å². The van der Waals surface area contributed by atoms with Gasteiger partial charge in [0, 0.05) is 5.69 Å². The summed E-state index contributed by atoms with van der Waals surface area (Å²) < 4.78 is 1.33. The zero-order valence-corrected chi connectivity index (χ0v) is 13.5. The molecule has 0 aliphatic carbocycles. The van der Waals surface area contributed by atoms with E-state index in [1.165, 1.54) is 4.57 Å². The minimum atomic E-state index is -0.424. The number of hydrogen-bond donors (Lipinski definition) is 1. The Bertz CT molecular complexity index is 817. The van der Waals surface area contributed by atoms with Crippen molar-refractivity contribution in [2.45, 2.75) is 33.4 Å². The maximum atomic E-state index is 12.3. The molecule has 1 aromatic carbocycles. The van der Waals surface area contributed by atoms with E-state index in [4.69, 9.17) is 5.26 Å². The van der Waals surface area contributed by atoms with Gasteiger partial charge in [0.05, 0.1) is 6.04 Å². The van der Waals surface area contributed by atoms with Crippen molar-refractivity contribution >= 4 is 5.91 Å². The van der Waals surface area contributed by atoms with Gasteiger partial charge in [0.25, 0.3) is 5.56 Å². The monoisotopic (exact) mass is 309 g/mol. The Kier molecular flexibility index (Phi) is 4.97. The molecule has 0 saturated carbocycles. The topological polar surface area (TPSA) is 74.9 Å². The molecule has 1 aromatic heterocycles. The third-order valence-corrected chi connectivity index (χ3v) is 3.80. The second-order valence-electron chi connectivity index (χ2n) is 5.55. The smallest absolute Gasteiger partial charge is 0.269 e. The van der Waals surface area contributed by atoms with Crippen LogP contribution in [0.25, 0.3) is 0 Å². The first-order valence-corrected chi connectivity index (χ1v) is 7.39. The maximum Gasteiger partial charge on any atom is 0.269 e. The van der Waals surface area contributed by atoms with Gasteiger partial charge in [0.2, 0.25) is 5.91 Å². The fourth-order valence-corrected chi connectivity index (χ4v) is 2.52. The fourth-order valence-electron chi connectivity index (χ4n) is 2.52. The number of nitrogens with one attached hydrogen (secondary N) is 1. The van der Waals surface area contributed by atoms with Gasteiger partial charge < -0.3 is 9.88 Å². The highest BCUT2D eigenvalue weighted by Gasteiger charge is 2.14. The van der Waals surface area contributed by atoms with Gasteiger partial charge in [-0.2, -0.15) is 5.26 Å². The first-order valence-electron chi connectivity index (χ1n) is 7.39. The molecule has 0 radical (unpaired) electrons. The lowest BCUT2D eigenvalue weighted by molar-refractivity contribution is -0.122. The van der Waals surface area contributed by atoms with Crippen molar-refractivity contribution in [3.63, 3.8) is 0 Å². The minimum absolute atomic E-state index is 0.0829. The number of aryl methyl sites for hydroxylation is 2. The molecule has 1 N–H and O–H groups in total. The lowest BCUT2D eigenvalue weighted by Gasteiger charge is -2.16. The quantitative estimate of drug-likeness (QED) is 0.941. The van der Waals surface area contributed by atoms with Crippen LogP contribution in [-0.2, 0) is 11.3 Å². The molecule has 23 heavy (non-hydrogen) atoms. The molecular weight excluding hydrogens is 290 g/mol. The fraction of sp³-hybridized carbons (Fsp3) is 0.278. The van der Waals surface area contributed by atoms with Crippen LogP contribution in [0.5, 0.6) is 0 Å². The van der Waals surface area contributed by atoms with Crippen LogP contribution in [0.2, 0.25) is 0 Å². The Hall–Kier alpha value is -2.87. The number of aromatic nitrogens is 1. The van der Waals surface area contributed by atoms with E-state index in [0.717, 1.165) is 5.56 Å². The molecular formula is C18H19N3O2. The van der Waals surface area contributed by atoms with Gasteiger partial charge in [-0.15, -0.1) is 0 Å². The van der Waals surface area contributed by atoms with E-state index in [1.54, 1.807) is 19.9 Å². The molecule has 0 saturated heterocycles.